The van der Waals surface area contributed by atoms with Crippen LogP contribution in [0.3, 0.4) is 0 Å². The fourth-order valence-corrected chi connectivity index (χ4v) is 2.17. The summed E-state index contributed by atoms with van der Waals surface area (Å²) in [7, 11) is 0. The van der Waals surface area contributed by atoms with E-state index in [1.165, 1.54) is 34.9 Å². The summed E-state index contributed by atoms with van der Waals surface area (Å²) in [6.07, 6.45) is 1.65. The molecule has 2 rings (SSSR count). The Labute approximate surface area is 120 Å². The standard InChI is InChI=1S/C12H8F2INO3/c13-12(14)19-9-3-1-8(2-4-9)16-6-7(15)5-10(16)11(17)18/h1-6,12H,(H,17,18). The van der Waals surface area contributed by atoms with Crippen molar-refractivity contribution in [1.82, 2.24) is 4.57 Å². The minimum absolute atomic E-state index is 0.0254. The highest BCUT2D eigenvalue weighted by molar-refractivity contribution is 14.1. The molecular weight excluding hydrogens is 371 g/mol. The Morgan fingerprint density at radius 1 is 1.32 bits per heavy atom. The van der Waals surface area contributed by atoms with E-state index in [1.54, 1.807) is 6.20 Å². The van der Waals surface area contributed by atoms with Crippen LogP contribution < -0.4 is 4.74 Å². The molecule has 1 aromatic carbocycles. The Morgan fingerprint density at radius 2 is 1.95 bits per heavy atom. The number of hydrogen-bond acceptors (Lipinski definition) is 2. The highest BCUT2D eigenvalue weighted by Gasteiger charge is 2.13. The molecule has 1 heterocycles. The Kier molecular flexibility index (Phi) is 4.03. The molecule has 100 valence electrons. The first-order valence-corrected chi connectivity index (χ1v) is 6.21. The fourth-order valence-electron chi connectivity index (χ4n) is 1.60. The molecule has 0 spiro atoms. The molecule has 7 heteroatoms. The molecule has 0 radical (unpaired) electrons. The molecule has 0 aliphatic rings. The quantitative estimate of drug-likeness (QED) is 0.829. The maximum absolute atomic E-state index is 12.0. The molecule has 0 saturated heterocycles. The Hall–Kier alpha value is -1.64. The van der Waals surface area contributed by atoms with Gasteiger partial charge in [-0.25, -0.2) is 4.79 Å². The summed E-state index contributed by atoms with van der Waals surface area (Å²) in [6, 6.07) is 7.27. The van der Waals surface area contributed by atoms with Gasteiger partial charge in [0.15, 0.2) is 0 Å². The van der Waals surface area contributed by atoms with Gasteiger partial charge in [-0.3, -0.25) is 0 Å². The second-order valence-electron chi connectivity index (χ2n) is 3.59. The number of nitrogens with zero attached hydrogens (tertiary/aromatic N) is 1. The number of rotatable bonds is 4. The number of benzene rings is 1. The lowest BCUT2D eigenvalue weighted by Gasteiger charge is -2.08. The average Bonchev–Trinajstić information content (AvgIpc) is 2.72. The van der Waals surface area contributed by atoms with E-state index in [4.69, 9.17) is 5.11 Å². The van der Waals surface area contributed by atoms with Crippen LogP contribution in [0.15, 0.2) is 36.5 Å². The molecule has 1 aromatic heterocycles. The second-order valence-corrected chi connectivity index (χ2v) is 4.84. The minimum Gasteiger partial charge on any atom is -0.477 e. The lowest BCUT2D eigenvalue weighted by atomic mass is 10.3. The van der Waals surface area contributed by atoms with Crippen LogP contribution in [0.2, 0.25) is 0 Å². The number of aromatic nitrogens is 1. The van der Waals surface area contributed by atoms with Crippen LogP contribution in [0.25, 0.3) is 5.69 Å². The van der Waals surface area contributed by atoms with Crippen LogP contribution in [0.5, 0.6) is 5.75 Å². The third kappa shape index (κ3) is 3.22. The number of hydrogen-bond donors (Lipinski definition) is 1. The molecule has 4 nitrogen and oxygen atoms in total. The Balaban J connectivity index is 2.34. The summed E-state index contributed by atoms with van der Waals surface area (Å²) in [6.45, 7) is -2.88. The van der Waals surface area contributed by atoms with E-state index < -0.39 is 12.6 Å². The molecule has 2 aromatic rings. The van der Waals surface area contributed by atoms with E-state index in [1.807, 2.05) is 22.6 Å². The molecule has 0 fully saturated rings. The van der Waals surface area contributed by atoms with Crippen LogP contribution in [-0.2, 0) is 0 Å². The molecular formula is C12H8F2INO3. The number of ether oxygens (including phenoxy) is 1. The smallest absolute Gasteiger partial charge is 0.387 e. The van der Waals surface area contributed by atoms with Gasteiger partial charge >= 0.3 is 12.6 Å². The summed E-state index contributed by atoms with van der Waals surface area (Å²) in [5, 5.41) is 9.07. The van der Waals surface area contributed by atoms with Gasteiger partial charge in [-0.1, -0.05) is 0 Å². The number of carboxylic acids is 1. The largest absolute Gasteiger partial charge is 0.477 e. The normalized spacial score (nSPS) is 10.7. The van der Waals surface area contributed by atoms with Crippen molar-refractivity contribution in [3.63, 3.8) is 0 Å². The topological polar surface area (TPSA) is 51.5 Å². The summed E-state index contributed by atoms with van der Waals surface area (Å²) in [4.78, 5) is 11.1. The molecule has 0 aliphatic heterocycles. The van der Waals surface area contributed by atoms with Crippen LogP contribution in [0, 0.1) is 3.57 Å². The van der Waals surface area contributed by atoms with Crippen molar-refractivity contribution in [3.05, 3.63) is 45.8 Å². The van der Waals surface area contributed by atoms with Crippen molar-refractivity contribution in [2.75, 3.05) is 0 Å². The van der Waals surface area contributed by atoms with Gasteiger partial charge in [0.05, 0.1) is 0 Å². The van der Waals surface area contributed by atoms with Crippen molar-refractivity contribution in [2.45, 2.75) is 6.61 Å². The molecule has 1 N–H and O–H groups in total. The van der Waals surface area contributed by atoms with Crippen LogP contribution in [0.1, 0.15) is 10.5 Å². The first kappa shape index (κ1) is 13.8. The van der Waals surface area contributed by atoms with Crippen LogP contribution >= 0.6 is 22.6 Å². The van der Waals surface area contributed by atoms with E-state index in [9.17, 15) is 13.6 Å². The van der Waals surface area contributed by atoms with Gasteiger partial charge < -0.3 is 14.4 Å². The third-order valence-electron chi connectivity index (χ3n) is 2.35. The number of carboxylic acid groups (broad SMARTS) is 1. The van der Waals surface area contributed by atoms with E-state index >= 15 is 0 Å². The molecule has 0 amide bonds. The van der Waals surface area contributed by atoms with Crippen molar-refractivity contribution < 1.29 is 23.4 Å². The van der Waals surface area contributed by atoms with Crippen molar-refractivity contribution in [2.24, 2.45) is 0 Å². The maximum atomic E-state index is 12.0. The first-order valence-electron chi connectivity index (χ1n) is 5.14. The van der Waals surface area contributed by atoms with Crippen molar-refractivity contribution >= 4 is 28.6 Å². The Morgan fingerprint density at radius 3 is 2.47 bits per heavy atom. The predicted molar refractivity (Wildman–Crippen MR) is 72.1 cm³/mol. The van der Waals surface area contributed by atoms with Gasteiger partial charge in [-0.2, -0.15) is 8.78 Å². The summed E-state index contributed by atoms with van der Waals surface area (Å²) in [5.41, 5.74) is 0.661. The molecule has 0 unspecified atom stereocenters. The fraction of sp³-hybridized carbons (Fsp3) is 0.0833. The van der Waals surface area contributed by atoms with Gasteiger partial charge in [0.2, 0.25) is 0 Å². The van der Waals surface area contributed by atoms with Gasteiger partial charge in [0.1, 0.15) is 11.4 Å². The Bertz CT molecular complexity index is 596. The summed E-state index contributed by atoms with van der Waals surface area (Å²) in [5.74, 6) is -1.03. The van der Waals surface area contributed by atoms with Gasteiger partial charge in [-0.05, 0) is 52.9 Å². The van der Waals surface area contributed by atoms with E-state index in [-0.39, 0.29) is 11.4 Å². The highest BCUT2D eigenvalue weighted by Crippen LogP contribution is 2.21. The SMILES string of the molecule is O=C(O)c1cc(I)cn1-c1ccc(OC(F)F)cc1. The molecule has 19 heavy (non-hydrogen) atoms. The van der Waals surface area contributed by atoms with Crippen LogP contribution in [0.4, 0.5) is 8.78 Å². The first-order chi connectivity index (χ1) is 8.97. The summed E-state index contributed by atoms with van der Waals surface area (Å²) >= 11 is 2.00. The number of halogens is 3. The number of carbonyl (C=O) groups is 1. The monoisotopic (exact) mass is 379 g/mol. The van der Waals surface area contributed by atoms with E-state index in [2.05, 4.69) is 4.74 Å². The van der Waals surface area contributed by atoms with Gasteiger partial charge in [0.25, 0.3) is 0 Å². The van der Waals surface area contributed by atoms with Crippen LogP contribution in [-0.4, -0.2) is 22.3 Å². The second kappa shape index (κ2) is 5.55. The lowest BCUT2D eigenvalue weighted by Crippen LogP contribution is -2.06. The zero-order valence-corrected chi connectivity index (χ0v) is 11.5. The van der Waals surface area contributed by atoms with Gasteiger partial charge in [-0.15, -0.1) is 0 Å². The summed E-state index contributed by atoms with van der Waals surface area (Å²) < 4.78 is 30.5. The van der Waals surface area contributed by atoms with Crippen molar-refractivity contribution in [1.29, 1.82) is 0 Å². The average molecular weight is 379 g/mol. The van der Waals surface area contributed by atoms with Crippen molar-refractivity contribution in [3.8, 4) is 11.4 Å². The van der Waals surface area contributed by atoms with E-state index in [0.29, 0.717) is 5.69 Å². The minimum atomic E-state index is -2.88. The maximum Gasteiger partial charge on any atom is 0.387 e. The predicted octanol–water partition coefficient (Wildman–Crippen LogP) is 3.38. The number of aromatic carboxylic acids is 1. The highest BCUT2D eigenvalue weighted by atomic mass is 127. The van der Waals surface area contributed by atoms with E-state index in [0.717, 1.165) is 3.57 Å². The third-order valence-corrected chi connectivity index (χ3v) is 2.94. The van der Waals surface area contributed by atoms with Gasteiger partial charge in [0, 0.05) is 15.5 Å². The zero-order valence-electron chi connectivity index (χ0n) is 9.39. The lowest BCUT2D eigenvalue weighted by molar-refractivity contribution is -0.0498. The molecule has 0 saturated carbocycles. The molecule has 0 bridgehead atoms. The molecule has 0 atom stereocenters. The molecule has 0 aliphatic carbocycles. The zero-order chi connectivity index (χ0) is 14.0. The number of alkyl halides is 2.